The van der Waals surface area contributed by atoms with Gasteiger partial charge in [-0.05, 0) is 24.1 Å². The number of nitrogens with zero attached hydrogens (tertiary/aromatic N) is 1. The average Bonchev–Trinajstić information content (AvgIpc) is 2.60. The zero-order valence-corrected chi connectivity index (χ0v) is 14.2. The van der Waals surface area contributed by atoms with Gasteiger partial charge in [-0.25, -0.2) is 4.79 Å². The van der Waals surface area contributed by atoms with Crippen molar-refractivity contribution in [2.45, 2.75) is 42.9 Å². The Labute approximate surface area is 154 Å². The lowest BCUT2D eigenvalue weighted by Gasteiger charge is -2.42. The first-order valence-electron chi connectivity index (χ1n) is 8.18. The van der Waals surface area contributed by atoms with Crippen LogP contribution in [0.25, 0.3) is 0 Å². The third-order valence-corrected chi connectivity index (χ3v) is 4.45. The van der Waals surface area contributed by atoms with Gasteiger partial charge in [-0.1, -0.05) is 12.1 Å². The minimum absolute atomic E-state index is 0.0396. The van der Waals surface area contributed by atoms with E-state index in [1.807, 2.05) is 0 Å². The van der Waals surface area contributed by atoms with Crippen molar-refractivity contribution in [2.24, 2.45) is 5.73 Å². The van der Waals surface area contributed by atoms with Gasteiger partial charge in [-0.3, -0.25) is 4.79 Å². The van der Waals surface area contributed by atoms with E-state index in [1.165, 1.54) is 12.1 Å². The number of rotatable bonds is 6. The molecule has 1 aliphatic rings. The highest BCUT2D eigenvalue weighted by Gasteiger charge is 2.48. The van der Waals surface area contributed by atoms with Crippen molar-refractivity contribution in [3.05, 3.63) is 29.8 Å². The molecule has 1 fully saturated rings. The summed E-state index contributed by atoms with van der Waals surface area (Å²) in [4.78, 5) is 23.8. The molecule has 2 rings (SSSR count). The summed E-state index contributed by atoms with van der Waals surface area (Å²) in [6, 6.07) is 1.41. The monoisotopic (exact) mass is 385 g/mol. The number of hydrogen-bond donors (Lipinski definition) is 8. The molecule has 0 aromatic heterocycles. The Morgan fingerprint density at radius 2 is 1.78 bits per heavy atom. The van der Waals surface area contributed by atoms with Crippen molar-refractivity contribution in [2.75, 3.05) is 6.54 Å². The Balaban J connectivity index is 2.09. The van der Waals surface area contributed by atoms with E-state index < -0.39 is 54.9 Å². The van der Waals surface area contributed by atoms with Gasteiger partial charge in [0.1, 0.15) is 24.0 Å². The maximum atomic E-state index is 12.3. The standard InChI is InChI=1S/C16H23N3O8/c17-9(5-7-1-3-8(20)4-2-7)15(24)18-11(16(25)26)12-14(23)13(22)10(21)6-19(12)27/h1-4,9-14,20-23,27H,5-6,17H2,(H,18,24)(H,25,26)/t9-,10-,11+,12-,13-,14-/m0/s1. The van der Waals surface area contributed by atoms with Crippen LogP contribution in [0.1, 0.15) is 5.56 Å². The summed E-state index contributed by atoms with van der Waals surface area (Å²) in [7, 11) is 0. The molecule has 9 N–H and O–H groups in total. The molecule has 150 valence electrons. The molecule has 1 amide bonds. The quantitative estimate of drug-likeness (QED) is 0.250. The molecule has 1 saturated heterocycles. The molecule has 11 nitrogen and oxygen atoms in total. The molecule has 0 radical (unpaired) electrons. The third-order valence-electron chi connectivity index (χ3n) is 4.45. The SMILES string of the molecule is N[C@@H](Cc1ccc(O)cc1)C(=O)N[C@@H](C(=O)O)[C@H]1[C@H](O)[C@@H](O)[C@@H](O)CN1O. The number of β-amino-alcohol motifs (C(OH)–C–C–N with tert-alkyl or cyclic N) is 1. The lowest BCUT2D eigenvalue weighted by atomic mass is 9.90. The fourth-order valence-corrected chi connectivity index (χ4v) is 2.93. The predicted octanol–water partition coefficient (Wildman–Crippen LogP) is -3.01. The number of carboxylic acid groups (broad SMARTS) is 1. The van der Waals surface area contributed by atoms with Crippen LogP contribution in [-0.2, 0) is 16.0 Å². The van der Waals surface area contributed by atoms with E-state index in [1.54, 1.807) is 12.1 Å². The van der Waals surface area contributed by atoms with Crippen LogP contribution in [0.3, 0.4) is 0 Å². The number of aliphatic hydroxyl groups excluding tert-OH is 3. The van der Waals surface area contributed by atoms with E-state index in [4.69, 9.17) is 5.73 Å². The van der Waals surface area contributed by atoms with E-state index >= 15 is 0 Å². The Morgan fingerprint density at radius 3 is 2.33 bits per heavy atom. The summed E-state index contributed by atoms with van der Waals surface area (Å²) in [6.07, 6.45) is -4.95. The lowest BCUT2D eigenvalue weighted by Crippen LogP contribution is -2.69. The number of phenolic OH excluding ortho intramolecular Hbond substituents is 1. The highest BCUT2D eigenvalue weighted by atomic mass is 16.5. The average molecular weight is 385 g/mol. The highest BCUT2D eigenvalue weighted by molar-refractivity contribution is 5.87. The van der Waals surface area contributed by atoms with E-state index in [2.05, 4.69) is 5.32 Å². The van der Waals surface area contributed by atoms with Crippen LogP contribution >= 0.6 is 0 Å². The minimum atomic E-state index is -1.83. The number of hydroxylamine groups is 2. The number of aromatic hydroxyl groups is 1. The van der Waals surface area contributed by atoms with Crippen molar-refractivity contribution >= 4 is 11.9 Å². The Kier molecular flexibility index (Phi) is 6.70. The van der Waals surface area contributed by atoms with E-state index in [0.29, 0.717) is 10.6 Å². The van der Waals surface area contributed by atoms with Crippen LogP contribution in [-0.4, -0.2) is 90.7 Å². The first-order chi connectivity index (χ1) is 12.6. The van der Waals surface area contributed by atoms with Crippen LogP contribution in [0, 0.1) is 0 Å². The summed E-state index contributed by atoms with van der Waals surface area (Å²) in [5, 5.41) is 60.3. The van der Waals surface area contributed by atoms with E-state index in [9.17, 15) is 40.3 Å². The third kappa shape index (κ3) is 4.91. The van der Waals surface area contributed by atoms with Crippen LogP contribution in [0.15, 0.2) is 24.3 Å². The van der Waals surface area contributed by atoms with Crippen LogP contribution < -0.4 is 11.1 Å². The molecule has 11 heteroatoms. The number of aliphatic hydroxyl groups is 3. The predicted molar refractivity (Wildman–Crippen MR) is 89.7 cm³/mol. The summed E-state index contributed by atoms with van der Waals surface area (Å²) in [5.74, 6) is -2.37. The summed E-state index contributed by atoms with van der Waals surface area (Å²) < 4.78 is 0. The summed E-state index contributed by atoms with van der Waals surface area (Å²) in [6.45, 7) is -0.512. The lowest BCUT2D eigenvalue weighted by molar-refractivity contribution is -0.240. The van der Waals surface area contributed by atoms with Crippen molar-refractivity contribution in [1.82, 2.24) is 10.4 Å². The van der Waals surface area contributed by atoms with E-state index in [-0.39, 0.29) is 12.2 Å². The number of aliphatic carboxylic acids is 1. The fourth-order valence-electron chi connectivity index (χ4n) is 2.93. The van der Waals surface area contributed by atoms with Gasteiger partial charge < -0.3 is 41.8 Å². The molecule has 0 saturated carbocycles. The second kappa shape index (κ2) is 8.61. The highest BCUT2D eigenvalue weighted by Crippen LogP contribution is 2.20. The topological polar surface area (TPSA) is 197 Å². The van der Waals surface area contributed by atoms with Gasteiger partial charge in [0.25, 0.3) is 0 Å². The van der Waals surface area contributed by atoms with Crippen LogP contribution in [0.5, 0.6) is 5.75 Å². The van der Waals surface area contributed by atoms with E-state index in [0.717, 1.165) is 0 Å². The molecule has 0 aliphatic carbocycles. The number of piperidine rings is 1. The van der Waals surface area contributed by atoms with Gasteiger partial charge >= 0.3 is 5.97 Å². The Bertz CT molecular complexity index is 670. The molecule has 27 heavy (non-hydrogen) atoms. The summed E-state index contributed by atoms with van der Waals surface area (Å²) in [5.41, 5.74) is 6.42. The Morgan fingerprint density at radius 1 is 1.19 bits per heavy atom. The number of carbonyl (C=O) groups excluding carboxylic acids is 1. The van der Waals surface area contributed by atoms with Gasteiger partial charge in [0.15, 0.2) is 0 Å². The zero-order valence-electron chi connectivity index (χ0n) is 14.2. The summed E-state index contributed by atoms with van der Waals surface area (Å²) >= 11 is 0. The van der Waals surface area contributed by atoms with Crippen molar-refractivity contribution in [3.63, 3.8) is 0 Å². The first kappa shape index (κ1) is 21.0. The minimum Gasteiger partial charge on any atom is -0.508 e. The maximum Gasteiger partial charge on any atom is 0.328 e. The molecule has 1 aliphatic heterocycles. The number of amides is 1. The largest absolute Gasteiger partial charge is 0.508 e. The van der Waals surface area contributed by atoms with Gasteiger partial charge in [0.05, 0.1) is 24.7 Å². The van der Waals surface area contributed by atoms with Gasteiger partial charge in [0, 0.05) is 0 Å². The van der Waals surface area contributed by atoms with Crippen molar-refractivity contribution in [1.29, 1.82) is 0 Å². The number of carbonyl (C=O) groups is 2. The zero-order chi connectivity index (χ0) is 20.3. The number of nitrogens with two attached hydrogens (primary N) is 1. The molecule has 0 unspecified atom stereocenters. The number of carboxylic acids is 1. The number of phenols is 1. The fraction of sp³-hybridized carbons (Fsp3) is 0.500. The van der Waals surface area contributed by atoms with Crippen LogP contribution in [0.4, 0.5) is 0 Å². The van der Waals surface area contributed by atoms with Gasteiger partial charge in [0.2, 0.25) is 5.91 Å². The number of nitrogens with one attached hydrogen (secondary N) is 1. The smallest absolute Gasteiger partial charge is 0.328 e. The molecule has 1 heterocycles. The normalized spacial score (nSPS) is 28.3. The first-order valence-corrected chi connectivity index (χ1v) is 8.18. The van der Waals surface area contributed by atoms with Crippen LogP contribution in [0.2, 0.25) is 0 Å². The molecule has 1 aromatic rings. The number of benzene rings is 1. The molecule has 0 spiro atoms. The van der Waals surface area contributed by atoms with Crippen molar-refractivity contribution in [3.8, 4) is 5.75 Å². The number of hydrogen-bond acceptors (Lipinski definition) is 9. The molecular weight excluding hydrogens is 362 g/mol. The molecule has 0 bridgehead atoms. The molecule has 1 aromatic carbocycles. The van der Waals surface area contributed by atoms with Gasteiger partial charge in [-0.15, -0.1) is 0 Å². The van der Waals surface area contributed by atoms with Crippen molar-refractivity contribution < 1.29 is 40.3 Å². The molecular formula is C16H23N3O8. The second-order valence-corrected chi connectivity index (χ2v) is 6.46. The second-order valence-electron chi connectivity index (χ2n) is 6.46. The van der Waals surface area contributed by atoms with Gasteiger partial charge in [-0.2, -0.15) is 5.06 Å². The molecule has 6 atom stereocenters. The Hall–Kier alpha value is -2.28. The maximum absolute atomic E-state index is 12.3.